The van der Waals surface area contributed by atoms with E-state index in [0.29, 0.717) is 31.9 Å². The summed E-state index contributed by atoms with van der Waals surface area (Å²) in [7, 11) is 0. The number of hydrogen-bond acceptors (Lipinski definition) is 4. The minimum atomic E-state index is -0.480. The first kappa shape index (κ1) is 15.0. The summed E-state index contributed by atoms with van der Waals surface area (Å²) >= 11 is 0. The van der Waals surface area contributed by atoms with E-state index in [-0.39, 0.29) is 5.91 Å². The molecule has 19 heavy (non-hydrogen) atoms. The second kappa shape index (κ2) is 7.40. The molecule has 0 radical (unpaired) electrons. The third-order valence-electron chi connectivity index (χ3n) is 2.39. The van der Waals surface area contributed by atoms with Crippen LogP contribution in [0.25, 0.3) is 0 Å². The lowest BCUT2D eigenvalue weighted by molar-refractivity contribution is 0.0941. The van der Waals surface area contributed by atoms with E-state index < -0.39 is 6.09 Å². The molecule has 0 aromatic carbocycles. The third kappa shape index (κ3) is 4.61. The van der Waals surface area contributed by atoms with E-state index in [2.05, 4.69) is 15.7 Å². The number of carbonyl (C=O) groups excluding carboxylic acids is 2. The number of rotatable bonds is 6. The van der Waals surface area contributed by atoms with Crippen LogP contribution in [0.15, 0.2) is 6.07 Å². The van der Waals surface area contributed by atoms with Gasteiger partial charge in [-0.25, -0.2) is 4.79 Å². The van der Waals surface area contributed by atoms with Crippen molar-refractivity contribution in [2.75, 3.05) is 19.7 Å². The predicted molar refractivity (Wildman–Crippen MR) is 70.0 cm³/mol. The van der Waals surface area contributed by atoms with Crippen molar-refractivity contribution in [3.8, 4) is 0 Å². The third-order valence-corrected chi connectivity index (χ3v) is 2.39. The van der Waals surface area contributed by atoms with Gasteiger partial charge in [-0.05, 0) is 26.8 Å². The zero-order valence-electron chi connectivity index (χ0n) is 11.5. The lowest BCUT2D eigenvalue weighted by Crippen LogP contribution is -2.35. The highest BCUT2D eigenvalue weighted by Crippen LogP contribution is 2.03. The maximum absolute atomic E-state index is 11.9. The zero-order chi connectivity index (χ0) is 14.3. The molecule has 0 atom stereocenters. The molecule has 0 saturated carbocycles. The van der Waals surface area contributed by atoms with Crippen LogP contribution in [-0.2, 0) is 11.3 Å². The first-order chi connectivity index (χ1) is 9.08. The molecule has 1 aromatic rings. The van der Waals surface area contributed by atoms with Gasteiger partial charge in [-0.15, -0.1) is 0 Å². The van der Waals surface area contributed by atoms with Crippen molar-refractivity contribution < 1.29 is 14.3 Å². The van der Waals surface area contributed by atoms with E-state index in [4.69, 9.17) is 4.74 Å². The Morgan fingerprint density at radius 3 is 2.63 bits per heavy atom. The Morgan fingerprint density at radius 2 is 2.00 bits per heavy atom. The van der Waals surface area contributed by atoms with Crippen molar-refractivity contribution in [3.63, 3.8) is 0 Å². The van der Waals surface area contributed by atoms with Gasteiger partial charge >= 0.3 is 6.09 Å². The quantitative estimate of drug-likeness (QED) is 0.743. The summed E-state index contributed by atoms with van der Waals surface area (Å²) < 4.78 is 6.34. The van der Waals surface area contributed by atoms with E-state index in [1.54, 1.807) is 17.7 Å². The van der Waals surface area contributed by atoms with Gasteiger partial charge in [0.2, 0.25) is 0 Å². The summed E-state index contributed by atoms with van der Waals surface area (Å²) in [6, 6.07) is 1.73. The monoisotopic (exact) mass is 268 g/mol. The second-order valence-corrected chi connectivity index (χ2v) is 3.89. The van der Waals surface area contributed by atoms with Gasteiger partial charge in [-0.1, -0.05) is 0 Å². The molecule has 0 aliphatic rings. The predicted octanol–water partition coefficient (Wildman–Crippen LogP) is 0.687. The molecule has 106 valence electrons. The van der Waals surface area contributed by atoms with Gasteiger partial charge in [0.25, 0.3) is 5.91 Å². The molecule has 2 amide bonds. The summed E-state index contributed by atoms with van der Waals surface area (Å²) in [4.78, 5) is 22.9. The number of aryl methyl sites for hydroxylation is 2. The number of hydrogen-bond donors (Lipinski definition) is 2. The fourth-order valence-corrected chi connectivity index (χ4v) is 1.58. The highest BCUT2D eigenvalue weighted by molar-refractivity contribution is 5.92. The molecule has 0 aliphatic heterocycles. The van der Waals surface area contributed by atoms with Crippen LogP contribution in [0.2, 0.25) is 0 Å². The zero-order valence-corrected chi connectivity index (χ0v) is 11.5. The first-order valence-corrected chi connectivity index (χ1v) is 6.31. The molecule has 0 saturated heterocycles. The highest BCUT2D eigenvalue weighted by atomic mass is 16.5. The van der Waals surface area contributed by atoms with Crippen LogP contribution in [0.1, 0.15) is 30.0 Å². The van der Waals surface area contributed by atoms with Gasteiger partial charge in [-0.3, -0.25) is 9.48 Å². The molecule has 0 spiro atoms. The Morgan fingerprint density at radius 1 is 1.32 bits per heavy atom. The van der Waals surface area contributed by atoms with Crippen LogP contribution >= 0.6 is 0 Å². The molecule has 0 unspecified atom stereocenters. The summed E-state index contributed by atoms with van der Waals surface area (Å²) in [5.74, 6) is -0.201. The van der Waals surface area contributed by atoms with E-state index >= 15 is 0 Å². The number of carbonyl (C=O) groups is 2. The molecular weight excluding hydrogens is 248 g/mol. The summed E-state index contributed by atoms with van der Waals surface area (Å²) in [5, 5.41) is 9.44. The Balaban J connectivity index is 2.37. The smallest absolute Gasteiger partial charge is 0.407 e. The molecule has 0 aliphatic carbocycles. The maximum atomic E-state index is 11.9. The van der Waals surface area contributed by atoms with Gasteiger partial charge in [0.1, 0.15) is 5.69 Å². The molecule has 7 heteroatoms. The lowest BCUT2D eigenvalue weighted by atomic mass is 10.3. The van der Waals surface area contributed by atoms with Crippen LogP contribution in [-0.4, -0.2) is 41.5 Å². The van der Waals surface area contributed by atoms with E-state index in [0.717, 1.165) is 5.69 Å². The van der Waals surface area contributed by atoms with Gasteiger partial charge in [0, 0.05) is 19.6 Å². The minimum Gasteiger partial charge on any atom is -0.450 e. The SMILES string of the molecule is CCOC(=O)NCCNC(=O)c1cc(C)nn1CC. The molecular formula is C12H20N4O3. The van der Waals surface area contributed by atoms with Crippen molar-refractivity contribution >= 4 is 12.0 Å². The topological polar surface area (TPSA) is 85.2 Å². The van der Waals surface area contributed by atoms with Crippen molar-refractivity contribution in [2.24, 2.45) is 0 Å². The fraction of sp³-hybridized carbons (Fsp3) is 0.583. The first-order valence-electron chi connectivity index (χ1n) is 6.31. The van der Waals surface area contributed by atoms with Crippen molar-refractivity contribution in [3.05, 3.63) is 17.5 Å². The Hall–Kier alpha value is -2.05. The van der Waals surface area contributed by atoms with Crippen LogP contribution in [0.4, 0.5) is 4.79 Å². The number of ether oxygens (including phenoxy) is 1. The van der Waals surface area contributed by atoms with Crippen molar-refractivity contribution in [1.29, 1.82) is 0 Å². The average Bonchev–Trinajstić information content (AvgIpc) is 2.76. The number of nitrogens with zero attached hydrogens (tertiary/aromatic N) is 2. The summed E-state index contributed by atoms with van der Waals surface area (Å²) in [5.41, 5.74) is 1.33. The fourth-order valence-electron chi connectivity index (χ4n) is 1.58. The summed E-state index contributed by atoms with van der Waals surface area (Å²) in [6.45, 7) is 7.12. The van der Waals surface area contributed by atoms with Gasteiger partial charge in [0.15, 0.2) is 0 Å². The van der Waals surface area contributed by atoms with Crippen LogP contribution in [0, 0.1) is 6.92 Å². The van der Waals surface area contributed by atoms with Crippen LogP contribution in [0.3, 0.4) is 0 Å². The Bertz CT molecular complexity index is 442. The van der Waals surface area contributed by atoms with E-state index in [9.17, 15) is 9.59 Å². The molecule has 1 heterocycles. The minimum absolute atomic E-state index is 0.201. The Kier molecular flexibility index (Phi) is 5.84. The largest absolute Gasteiger partial charge is 0.450 e. The van der Waals surface area contributed by atoms with Gasteiger partial charge in [0.05, 0.1) is 12.3 Å². The van der Waals surface area contributed by atoms with Crippen molar-refractivity contribution in [2.45, 2.75) is 27.3 Å². The molecule has 0 bridgehead atoms. The Labute approximate surface area is 112 Å². The number of nitrogens with one attached hydrogen (secondary N) is 2. The van der Waals surface area contributed by atoms with Crippen molar-refractivity contribution in [1.82, 2.24) is 20.4 Å². The molecule has 0 fully saturated rings. The highest BCUT2D eigenvalue weighted by Gasteiger charge is 2.12. The standard InChI is InChI=1S/C12H20N4O3/c1-4-16-10(8-9(3)15-16)11(17)13-6-7-14-12(18)19-5-2/h8H,4-7H2,1-3H3,(H,13,17)(H,14,18). The van der Waals surface area contributed by atoms with E-state index in [1.165, 1.54) is 0 Å². The van der Waals surface area contributed by atoms with E-state index in [1.807, 2.05) is 13.8 Å². The van der Waals surface area contributed by atoms with Crippen LogP contribution < -0.4 is 10.6 Å². The maximum Gasteiger partial charge on any atom is 0.407 e. The number of aromatic nitrogens is 2. The molecule has 1 rings (SSSR count). The van der Waals surface area contributed by atoms with Gasteiger partial charge < -0.3 is 15.4 Å². The number of alkyl carbamates (subject to hydrolysis) is 1. The summed E-state index contributed by atoms with van der Waals surface area (Å²) in [6.07, 6.45) is -0.480. The average molecular weight is 268 g/mol. The van der Waals surface area contributed by atoms with Gasteiger partial charge in [-0.2, -0.15) is 5.10 Å². The normalized spacial score (nSPS) is 10.1. The molecule has 2 N–H and O–H groups in total. The number of amides is 2. The van der Waals surface area contributed by atoms with Crippen LogP contribution in [0.5, 0.6) is 0 Å². The molecule has 1 aromatic heterocycles. The second-order valence-electron chi connectivity index (χ2n) is 3.89. The molecule has 7 nitrogen and oxygen atoms in total. The lowest BCUT2D eigenvalue weighted by Gasteiger charge is -2.07.